The van der Waals surface area contributed by atoms with Crippen molar-refractivity contribution in [1.29, 1.82) is 0 Å². The first-order valence-corrected chi connectivity index (χ1v) is 8.36. The normalized spacial score (nSPS) is 14.3. The molecule has 0 radical (unpaired) electrons. The van der Waals surface area contributed by atoms with Crippen molar-refractivity contribution in [2.45, 2.75) is 91.4 Å². The van der Waals surface area contributed by atoms with E-state index in [4.69, 9.17) is 0 Å². The highest BCUT2D eigenvalue weighted by Crippen LogP contribution is 2.41. The van der Waals surface area contributed by atoms with E-state index in [1.54, 1.807) is 0 Å². The second kappa shape index (κ2) is 6.42. The standard InChI is InChI=1S/C20H34O/c1-9-10-11-14(2)15-12-16(19(3,4)5)18(21)17(13-15)20(6,7)8/h12-14,21H,9-11H2,1-8H3. The van der Waals surface area contributed by atoms with Crippen LogP contribution < -0.4 is 0 Å². The van der Waals surface area contributed by atoms with Gasteiger partial charge in [0.05, 0.1) is 0 Å². The smallest absolute Gasteiger partial charge is 0.123 e. The van der Waals surface area contributed by atoms with Crippen molar-refractivity contribution in [2.24, 2.45) is 0 Å². The van der Waals surface area contributed by atoms with E-state index in [1.165, 1.54) is 24.8 Å². The van der Waals surface area contributed by atoms with Gasteiger partial charge in [-0.1, -0.05) is 80.4 Å². The summed E-state index contributed by atoms with van der Waals surface area (Å²) >= 11 is 0. The molecule has 0 aromatic heterocycles. The number of phenolic OH excluding ortho intramolecular Hbond substituents is 1. The molecule has 0 aliphatic heterocycles. The summed E-state index contributed by atoms with van der Waals surface area (Å²) in [4.78, 5) is 0. The molecule has 0 heterocycles. The average molecular weight is 290 g/mol. The van der Waals surface area contributed by atoms with Crippen LogP contribution in [0.4, 0.5) is 0 Å². The third-order valence-electron chi connectivity index (χ3n) is 4.31. The molecule has 0 saturated carbocycles. The van der Waals surface area contributed by atoms with Crippen molar-refractivity contribution in [1.82, 2.24) is 0 Å². The molecule has 21 heavy (non-hydrogen) atoms. The van der Waals surface area contributed by atoms with Crippen LogP contribution in [0, 0.1) is 0 Å². The molecule has 0 saturated heterocycles. The van der Waals surface area contributed by atoms with E-state index in [2.05, 4.69) is 67.5 Å². The Morgan fingerprint density at radius 2 is 1.38 bits per heavy atom. The number of hydrogen-bond donors (Lipinski definition) is 1. The monoisotopic (exact) mass is 290 g/mol. The lowest BCUT2D eigenvalue weighted by Gasteiger charge is -2.29. The molecule has 1 N–H and O–H groups in total. The van der Waals surface area contributed by atoms with E-state index in [-0.39, 0.29) is 10.8 Å². The van der Waals surface area contributed by atoms with E-state index in [0.29, 0.717) is 11.7 Å². The zero-order valence-electron chi connectivity index (χ0n) is 15.3. The molecule has 0 fully saturated rings. The van der Waals surface area contributed by atoms with Gasteiger partial charge in [-0.2, -0.15) is 0 Å². The quantitative estimate of drug-likeness (QED) is 0.691. The van der Waals surface area contributed by atoms with Crippen LogP contribution in [-0.4, -0.2) is 5.11 Å². The molecular weight excluding hydrogens is 256 g/mol. The van der Waals surface area contributed by atoms with E-state index >= 15 is 0 Å². The van der Waals surface area contributed by atoms with Crippen molar-refractivity contribution in [3.05, 3.63) is 28.8 Å². The molecule has 0 aliphatic carbocycles. The van der Waals surface area contributed by atoms with Crippen molar-refractivity contribution < 1.29 is 5.11 Å². The molecule has 120 valence electrons. The third-order valence-corrected chi connectivity index (χ3v) is 4.31. The van der Waals surface area contributed by atoms with Gasteiger partial charge in [-0.3, -0.25) is 0 Å². The van der Waals surface area contributed by atoms with Crippen LogP contribution in [0.3, 0.4) is 0 Å². The van der Waals surface area contributed by atoms with Gasteiger partial charge < -0.3 is 5.11 Å². The van der Waals surface area contributed by atoms with Crippen LogP contribution in [0.1, 0.15) is 97.3 Å². The summed E-state index contributed by atoms with van der Waals surface area (Å²) in [6, 6.07) is 4.45. The van der Waals surface area contributed by atoms with Gasteiger partial charge in [-0.05, 0) is 39.9 Å². The van der Waals surface area contributed by atoms with Crippen LogP contribution in [0.2, 0.25) is 0 Å². The lowest BCUT2D eigenvalue weighted by Crippen LogP contribution is -2.18. The van der Waals surface area contributed by atoms with Crippen LogP contribution in [0.5, 0.6) is 5.75 Å². The van der Waals surface area contributed by atoms with Crippen molar-refractivity contribution in [3.63, 3.8) is 0 Å². The summed E-state index contributed by atoms with van der Waals surface area (Å²) in [5, 5.41) is 10.7. The number of benzene rings is 1. The van der Waals surface area contributed by atoms with Crippen LogP contribution in [-0.2, 0) is 10.8 Å². The van der Waals surface area contributed by atoms with Crippen LogP contribution in [0.15, 0.2) is 12.1 Å². The first kappa shape index (κ1) is 18.1. The molecule has 1 rings (SSSR count). The van der Waals surface area contributed by atoms with E-state index in [9.17, 15) is 5.11 Å². The molecule has 0 aliphatic rings. The molecule has 1 aromatic carbocycles. The number of unbranched alkanes of at least 4 members (excludes halogenated alkanes) is 1. The van der Waals surface area contributed by atoms with Gasteiger partial charge in [-0.25, -0.2) is 0 Å². The lowest BCUT2D eigenvalue weighted by molar-refractivity contribution is 0.422. The Balaban J connectivity index is 3.40. The van der Waals surface area contributed by atoms with Crippen molar-refractivity contribution in [3.8, 4) is 5.75 Å². The molecular formula is C20H34O. The molecule has 0 amide bonds. The fourth-order valence-corrected chi connectivity index (χ4v) is 2.76. The first-order valence-electron chi connectivity index (χ1n) is 8.36. The maximum atomic E-state index is 10.7. The number of rotatable bonds is 4. The van der Waals surface area contributed by atoms with Crippen molar-refractivity contribution in [2.75, 3.05) is 0 Å². The summed E-state index contributed by atoms with van der Waals surface area (Å²) in [7, 11) is 0. The fraction of sp³-hybridized carbons (Fsp3) is 0.700. The summed E-state index contributed by atoms with van der Waals surface area (Å²) in [5.74, 6) is 1.04. The highest BCUT2D eigenvalue weighted by Gasteiger charge is 2.27. The molecule has 1 atom stereocenters. The zero-order chi connectivity index (χ0) is 16.4. The van der Waals surface area contributed by atoms with Gasteiger partial charge in [0.2, 0.25) is 0 Å². The van der Waals surface area contributed by atoms with Gasteiger partial charge in [0.1, 0.15) is 5.75 Å². The summed E-state index contributed by atoms with van der Waals surface area (Å²) in [6.45, 7) is 17.6. The van der Waals surface area contributed by atoms with Gasteiger partial charge in [-0.15, -0.1) is 0 Å². The lowest BCUT2D eigenvalue weighted by atomic mass is 9.77. The highest BCUT2D eigenvalue weighted by atomic mass is 16.3. The summed E-state index contributed by atoms with van der Waals surface area (Å²) < 4.78 is 0. The average Bonchev–Trinajstić information content (AvgIpc) is 2.33. The molecule has 0 spiro atoms. The second-order valence-electron chi connectivity index (χ2n) is 8.51. The predicted molar refractivity (Wildman–Crippen MR) is 93.4 cm³/mol. The Labute approximate surface area is 131 Å². The van der Waals surface area contributed by atoms with Gasteiger partial charge in [0.25, 0.3) is 0 Å². The summed E-state index contributed by atoms with van der Waals surface area (Å²) in [5.41, 5.74) is 3.45. The van der Waals surface area contributed by atoms with Gasteiger partial charge >= 0.3 is 0 Å². The molecule has 0 bridgehead atoms. The Morgan fingerprint density at radius 3 is 1.71 bits per heavy atom. The Kier molecular flexibility index (Phi) is 5.52. The molecule has 1 unspecified atom stereocenters. The minimum atomic E-state index is -0.0371. The Morgan fingerprint density at radius 1 is 0.952 bits per heavy atom. The SMILES string of the molecule is CCCCC(C)c1cc(C(C)(C)C)c(O)c(C(C)(C)C)c1. The third kappa shape index (κ3) is 4.49. The minimum absolute atomic E-state index is 0.0371. The van der Waals surface area contributed by atoms with E-state index in [0.717, 1.165) is 11.1 Å². The number of aromatic hydroxyl groups is 1. The first-order chi connectivity index (χ1) is 9.48. The molecule has 1 aromatic rings. The molecule has 1 heteroatoms. The number of hydrogen-bond acceptors (Lipinski definition) is 1. The summed E-state index contributed by atoms with van der Waals surface area (Å²) in [6.07, 6.45) is 3.72. The second-order valence-corrected chi connectivity index (χ2v) is 8.51. The van der Waals surface area contributed by atoms with Crippen LogP contribution >= 0.6 is 0 Å². The largest absolute Gasteiger partial charge is 0.507 e. The van der Waals surface area contributed by atoms with E-state index in [1.807, 2.05) is 0 Å². The van der Waals surface area contributed by atoms with Crippen molar-refractivity contribution >= 4 is 0 Å². The Hall–Kier alpha value is -0.980. The van der Waals surface area contributed by atoms with Gasteiger partial charge in [0.15, 0.2) is 0 Å². The fourth-order valence-electron chi connectivity index (χ4n) is 2.76. The predicted octanol–water partition coefficient (Wildman–Crippen LogP) is 6.28. The Bertz CT molecular complexity index is 437. The maximum Gasteiger partial charge on any atom is 0.123 e. The number of phenols is 1. The van der Waals surface area contributed by atoms with E-state index < -0.39 is 0 Å². The zero-order valence-corrected chi connectivity index (χ0v) is 15.3. The minimum Gasteiger partial charge on any atom is -0.507 e. The van der Waals surface area contributed by atoms with Crippen LogP contribution in [0.25, 0.3) is 0 Å². The molecule has 1 nitrogen and oxygen atoms in total. The topological polar surface area (TPSA) is 20.2 Å². The maximum absolute atomic E-state index is 10.7. The van der Waals surface area contributed by atoms with Gasteiger partial charge in [0, 0.05) is 0 Å². The highest BCUT2D eigenvalue weighted by molar-refractivity contribution is 5.50.